The van der Waals surface area contributed by atoms with Gasteiger partial charge in [0, 0.05) is 41.6 Å². The topological polar surface area (TPSA) is 56.2 Å². The van der Waals surface area contributed by atoms with E-state index in [2.05, 4.69) is 22.1 Å². The SMILES string of the molecule is Cc1cc(C(N)Cc2cn3ccsc3n2)cc(C)n1. The Kier molecular flexibility index (Phi) is 3.08. The molecule has 0 saturated carbocycles. The van der Waals surface area contributed by atoms with Crippen molar-refractivity contribution < 1.29 is 0 Å². The highest BCUT2D eigenvalue weighted by Crippen LogP contribution is 2.19. The third-order valence-corrected chi connectivity index (χ3v) is 3.87. The first-order valence-electron chi connectivity index (χ1n) is 6.23. The van der Waals surface area contributed by atoms with Crippen molar-refractivity contribution in [2.45, 2.75) is 26.3 Å². The van der Waals surface area contributed by atoms with E-state index >= 15 is 0 Å². The molecule has 3 aromatic rings. The third-order valence-electron chi connectivity index (χ3n) is 3.10. The van der Waals surface area contributed by atoms with Crippen LogP contribution < -0.4 is 5.73 Å². The molecule has 3 heterocycles. The number of nitrogens with zero attached hydrogens (tertiary/aromatic N) is 3. The first kappa shape index (κ1) is 12.3. The number of hydrogen-bond donors (Lipinski definition) is 1. The van der Waals surface area contributed by atoms with E-state index in [0.29, 0.717) is 0 Å². The Labute approximate surface area is 115 Å². The van der Waals surface area contributed by atoms with Crippen molar-refractivity contribution in [3.8, 4) is 0 Å². The molecule has 0 saturated heterocycles. The maximum absolute atomic E-state index is 6.28. The van der Waals surface area contributed by atoms with Gasteiger partial charge in [0.15, 0.2) is 4.96 Å². The minimum absolute atomic E-state index is 0.0370. The van der Waals surface area contributed by atoms with Gasteiger partial charge in [0.2, 0.25) is 0 Å². The summed E-state index contributed by atoms with van der Waals surface area (Å²) in [4.78, 5) is 9.96. The maximum atomic E-state index is 6.28. The summed E-state index contributed by atoms with van der Waals surface area (Å²) in [7, 11) is 0. The highest BCUT2D eigenvalue weighted by molar-refractivity contribution is 7.15. The molecular weight excluding hydrogens is 256 g/mol. The lowest BCUT2D eigenvalue weighted by atomic mass is 10.0. The van der Waals surface area contributed by atoms with Crippen LogP contribution in [-0.2, 0) is 6.42 Å². The van der Waals surface area contributed by atoms with Gasteiger partial charge in [-0.1, -0.05) is 0 Å². The molecule has 19 heavy (non-hydrogen) atoms. The van der Waals surface area contributed by atoms with Crippen LogP contribution in [0, 0.1) is 13.8 Å². The Balaban J connectivity index is 1.84. The average Bonchev–Trinajstić information content (AvgIpc) is 2.88. The Bertz CT molecular complexity index is 664. The Hall–Kier alpha value is -1.72. The number of aromatic nitrogens is 3. The molecule has 0 fully saturated rings. The largest absolute Gasteiger partial charge is 0.324 e. The lowest BCUT2D eigenvalue weighted by molar-refractivity contribution is 0.706. The number of thiazole rings is 1. The molecule has 0 amide bonds. The number of hydrogen-bond acceptors (Lipinski definition) is 4. The van der Waals surface area contributed by atoms with Crippen LogP contribution in [0.4, 0.5) is 0 Å². The van der Waals surface area contributed by atoms with Crippen molar-refractivity contribution >= 4 is 16.3 Å². The molecule has 4 nitrogen and oxygen atoms in total. The lowest BCUT2D eigenvalue weighted by Crippen LogP contribution is -2.14. The van der Waals surface area contributed by atoms with Crippen LogP contribution in [0.15, 0.2) is 29.9 Å². The first-order chi connectivity index (χ1) is 9.11. The highest BCUT2D eigenvalue weighted by atomic mass is 32.1. The summed E-state index contributed by atoms with van der Waals surface area (Å²) in [6.07, 6.45) is 4.81. The number of imidazole rings is 1. The van der Waals surface area contributed by atoms with Crippen molar-refractivity contribution in [2.24, 2.45) is 5.73 Å². The predicted octanol–water partition coefficient (Wildman–Crippen LogP) is 2.65. The van der Waals surface area contributed by atoms with Crippen molar-refractivity contribution in [3.05, 3.63) is 52.6 Å². The minimum atomic E-state index is -0.0370. The van der Waals surface area contributed by atoms with Crippen LogP contribution in [0.2, 0.25) is 0 Å². The average molecular weight is 272 g/mol. The van der Waals surface area contributed by atoms with Gasteiger partial charge in [-0.2, -0.15) is 0 Å². The highest BCUT2D eigenvalue weighted by Gasteiger charge is 2.11. The molecule has 3 rings (SSSR count). The molecule has 0 spiro atoms. The summed E-state index contributed by atoms with van der Waals surface area (Å²) >= 11 is 1.64. The first-order valence-corrected chi connectivity index (χ1v) is 7.11. The van der Waals surface area contributed by atoms with Gasteiger partial charge in [-0.25, -0.2) is 4.98 Å². The van der Waals surface area contributed by atoms with E-state index in [1.165, 1.54) is 0 Å². The second-order valence-corrected chi connectivity index (χ2v) is 5.69. The van der Waals surface area contributed by atoms with Crippen molar-refractivity contribution in [2.75, 3.05) is 0 Å². The fourth-order valence-electron chi connectivity index (χ4n) is 2.30. The Morgan fingerprint density at radius 1 is 1.26 bits per heavy atom. The van der Waals surface area contributed by atoms with E-state index in [1.807, 2.05) is 36.0 Å². The van der Waals surface area contributed by atoms with E-state index in [9.17, 15) is 0 Å². The van der Waals surface area contributed by atoms with E-state index in [4.69, 9.17) is 5.73 Å². The van der Waals surface area contributed by atoms with Gasteiger partial charge in [-0.15, -0.1) is 11.3 Å². The fourth-order valence-corrected chi connectivity index (χ4v) is 3.02. The monoisotopic (exact) mass is 272 g/mol. The van der Waals surface area contributed by atoms with Crippen LogP contribution in [0.3, 0.4) is 0 Å². The van der Waals surface area contributed by atoms with Crippen LogP contribution in [0.5, 0.6) is 0 Å². The quantitative estimate of drug-likeness (QED) is 0.797. The van der Waals surface area contributed by atoms with Crippen LogP contribution in [0.1, 0.15) is 28.7 Å². The van der Waals surface area contributed by atoms with Gasteiger partial charge in [-0.05, 0) is 31.5 Å². The van der Waals surface area contributed by atoms with Crippen LogP contribution >= 0.6 is 11.3 Å². The Morgan fingerprint density at radius 2 is 2.00 bits per heavy atom. The summed E-state index contributed by atoms with van der Waals surface area (Å²) in [5.74, 6) is 0. The standard InChI is InChI=1S/C14H16N4S/c1-9-5-11(6-10(2)16-9)13(15)7-12-8-18-3-4-19-14(18)17-12/h3-6,8,13H,7,15H2,1-2H3. The lowest BCUT2D eigenvalue weighted by Gasteiger charge is -2.11. The summed E-state index contributed by atoms with van der Waals surface area (Å²) in [5, 5.41) is 2.03. The van der Waals surface area contributed by atoms with Gasteiger partial charge in [-0.3, -0.25) is 9.38 Å². The number of fused-ring (bicyclic) bond motifs is 1. The zero-order valence-electron chi connectivity index (χ0n) is 11.0. The number of rotatable bonds is 3. The number of nitrogens with two attached hydrogens (primary N) is 1. The van der Waals surface area contributed by atoms with E-state index in [0.717, 1.165) is 34.0 Å². The summed E-state index contributed by atoms with van der Waals surface area (Å²) in [5.41, 5.74) is 10.5. The van der Waals surface area contributed by atoms with Crippen LogP contribution in [-0.4, -0.2) is 14.4 Å². The van der Waals surface area contributed by atoms with Crippen molar-refractivity contribution in [3.63, 3.8) is 0 Å². The van der Waals surface area contributed by atoms with Gasteiger partial charge in [0.1, 0.15) is 0 Å². The number of pyridine rings is 1. The molecule has 5 heteroatoms. The molecule has 0 aliphatic heterocycles. The minimum Gasteiger partial charge on any atom is -0.324 e. The van der Waals surface area contributed by atoms with E-state index in [1.54, 1.807) is 11.3 Å². The van der Waals surface area contributed by atoms with Gasteiger partial charge >= 0.3 is 0 Å². The molecule has 0 aliphatic carbocycles. The smallest absolute Gasteiger partial charge is 0.193 e. The Morgan fingerprint density at radius 3 is 2.68 bits per heavy atom. The molecule has 1 unspecified atom stereocenters. The molecule has 0 aromatic carbocycles. The summed E-state index contributed by atoms with van der Waals surface area (Å²) in [6, 6.07) is 4.07. The molecular formula is C14H16N4S. The summed E-state index contributed by atoms with van der Waals surface area (Å²) < 4.78 is 2.04. The number of aryl methyl sites for hydroxylation is 2. The third kappa shape index (κ3) is 2.52. The van der Waals surface area contributed by atoms with Gasteiger partial charge < -0.3 is 5.73 Å². The second-order valence-electron chi connectivity index (χ2n) is 4.82. The second kappa shape index (κ2) is 4.75. The molecule has 2 N–H and O–H groups in total. The molecule has 0 radical (unpaired) electrons. The fraction of sp³-hybridized carbons (Fsp3) is 0.286. The normalized spacial score (nSPS) is 13.0. The maximum Gasteiger partial charge on any atom is 0.193 e. The van der Waals surface area contributed by atoms with Gasteiger partial charge in [0.25, 0.3) is 0 Å². The zero-order chi connectivity index (χ0) is 13.4. The molecule has 3 aromatic heterocycles. The summed E-state index contributed by atoms with van der Waals surface area (Å²) in [6.45, 7) is 3.99. The molecule has 0 bridgehead atoms. The molecule has 0 aliphatic rings. The van der Waals surface area contributed by atoms with Crippen molar-refractivity contribution in [1.29, 1.82) is 0 Å². The van der Waals surface area contributed by atoms with Gasteiger partial charge in [0.05, 0.1) is 5.69 Å². The molecule has 1 atom stereocenters. The van der Waals surface area contributed by atoms with Crippen LogP contribution in [0.25, 0.3) is 4.96 Å². The van der Waals surface area contributed by atoms with Crippen molar-refractivity contribution in [1.82, 2.24) is 14.4 Å². The predicted molar refractivity (Wildman–Crippen MR) is 77.4 cm³/mol. The molecule has 98 valence electrons. The zero-order valence-corrected chi connectivity index (χ0v) is 11.8. The van der Waals surface area contributed by atoms with E-state index in [-0.39, 0.29) is 6.04 Å². The van der Waals surface area contributed by atoms with E-state index < -0.39 is 0 Å².